The Morgan fingerprint density at radius 2 is 2.12 bits per heavy atom. The van der Waals surface area contributed by atoms with Crippen LogP contribution in [0, 0.1) is 0 Å². The molecule has 0 spiro atoms. The summed E-state index contributed by atoms with van der Waals surface area (Å²) in [7, 11) is 0. The SMILES string of the molecule is CCOC1CCC/C(=C\c2ccccc2)C1=O. The molecule has 0 heterocycles. The fourth-order valence-corrected chi connectivity index (χ4v) is 2.19. The lowest BCUT2D eigenvalue weighted by atomic mass is 9.90. The first-order valence-electron chi connectivity index (χ1n) is 6.22. The molecular formula is C15H18O2. The van der Waals surface area contributed by atoms with Gasteiger partial charge in [0.05, 0.1) is 0 Å². The van der Waals surface area contributed by atoms with Crippen LogP contribution in [0.5, 0.6) is 0 Å². The fourth-order valence-electron chi connectivity index (χ4n) is 2.19. The molecule has 0 saturated heterocycles. The summed E-state index contributed by atoms with van der Waals surface area (Å²) in [6.07, 6.45) is 4.54. The van der Waals surface area contributed by atoms with Crippen molar-refractivity contribution in [1.82, 2.24) is 0 Å². The van der Waals surface area contributed by atoms with Crippen molar-refractivity contribution >= 4 is 11.9 Å². The van der Waals surface area contributed by atoms with Crippen LogP contribution >= 0.6 is 0 Å². The first-order valence-corrected chi connectivity index (χ1v) is 6.22. The number of Topliss-reactive ketones (excluding diaryl/α,β-unsaturated/α-hetero) is 1. The maximum Gasteiger partial charge on any atom is 0.187 e. The summed E-state index contributed by atoms with van der Waals surface area (Å²) in [6, 6.07) is 9.99. The zero-order valence-corrected chi connectivity index (χ0v) is 10.2. The minimum absolute atomic E-state index is 0.168. The van der Waals surface area contributed by atoms with E-state index in [9.17, 15) is 4.79 Å². The lowest BCUT2D eigenvalue weighted by Gasteiger charge is -2.22. The van der Waals surface area contributed by atoms with Crippen molar-refractivity contribution in [2.24, 2.45) is 0 Å². The summed E-state index contributed by atoms with van der Waals surface area (Å²) in [5.74, 6) is 0.168. The van der Waals surface area contributed by atoms with Crippen LogP contribution in [0.4, 0.5) is 0 Å². The Balaban J connectivity index is 2.15. The molecular weight excluding hydrogens is 212 g/mol. The van der Waals surface area contributed by atoms with Gasteiger partial charge in [0.15, 0.2) is 5.78 Å². The third kappa shape index (κ3) is 3.04. The molecule has 90 valence electrons. The number of ketones is 1. The molecule has 0 aromatic heterocycles. The highest BCUT2D eigenvalue weighted by Crippen LogP contribution is 2.24. The Labute approximate surface area is 102 Å². The Hall–Kier alpha value is -1.41. The van der Waals surface area contributed by atoms with Gasteiger partial charge in [0.25, 0.3) is 0 Å². The van der Waals surface area contributed by atoms with Gasteiger partial charge in [-0.3, -0.25) is 4.79 Å². The fraction of sp³-hybridized carbons (Fsp3) is 0.400. The number of hydrogen-bond acceptors (Lipinski definition) is 2. The van der Waals surface area contributed by atoms with Crippen LogP contribution in [-0.2, 0) is 9.53 Å². The minimum atomic E-state index is -0.219. The van der Waals surface area contributed by atoms with Gasteiger partial charge in [0.2, 0.25) is 0 Å². The maximum atomic E-state index is 12.1. The molecule has 1 aliphatic carbocycles. The van der Waals surface area contributed by atoms with E-state index in [1.165, 1.54) is 0 Å². The zero-order chi connectivity index (χ0) is 12.1. The van der Waals surface area contributed by atoms with Crippen molar-refractivity contribution in [3.05, 3.63) is 41.5 Å². The summed E-state index contributed by atoms with van der Waals surface area (Å²) < 4.78 is 5.47. The number of carbonyl (C=O) groups is 1. The monoisotopic (exact) mass is 230 g/mol. The van der Waals surface area contributed by atoms with Crippen LogP contribution in [0.1, 0.15) is 31.7 Å². The number of benzene rings is 1. The number of ether oxygens (including phenoxy) is 1. The van der Waals surface area contributed by atoms with Crippen LogP contribution in [0.15, 0.2) is 35.9 Å². The largest absolute Gasteiger partial charge is 0.370 e. The molecule has 0 radical (unpaired) electrons. The van der Waals surface area contributed by atoms with Gasteiger partial charge in [-0.2, -0.15) is 0 Å². The van der Waals surface area contributed by atoms with Gasteiger partial charge < -0.3 is 4.74 Å². The number of rotatable bonds is 3. The van der Waals surface area contributed by atoms with Gasteiger partial charge in [-0.25, -0.2) is 0 Å². The van der Waals surface area contributed by atoms with Gasteiger partial charge in [-0.05, 0) is 43.4 Å². The summed E-state index contributed by atoms with van der Waals surface area (Å²) >= 11 is 0. The first-order chi connectivity index (χ1) is 8.31. The molecule has 1 aromatic rings. The molecule has 2 rings (SSSR count). The Morgan fingerprint density at radius 3 is 2.82 bits per heavy atom. The molecule has 1 fully saturated rings. The van der Waals surface area contributed by atoms with Crippen LogP contribution in [0.25, 0.3) is 6.08 Å². The van der Waals surface area contributed by atoms with Crippen molar-refractivity contribution in [1.29, 1.82) is 0 Å². The highest BCUT2D eigenvalue weighted by atomic mass is 16.5. The van der Waals surface area contributed by atoms with Crippen molar-refractivity contribution in [2.75, 3.05) is 6.61 Å². The highest BCUT2D eigenvalue weighted by Gasteiger charge is 2.26. The molecule has 1 aliphatic rings. The van der Waals surface area contributed by atoms with E-state index >= 15 is 0 Å². The molecule has 2 nitrogen and oxygen atoms in total. The van der Waals surface area contributed by atoms with Crippen LogP contribution in [0.2, 0.25) is 0 Å². The molecule has 0 aliphatic heterocycles. The van der Waals surface area contributed by atoms with Crippen molar-refractivity contribution in [3.63, 3.8) is 0 Å². The van der Waals surface area contributed by atoms with E-state index < -0.39 is 0 Å². The van der Waals surface area contributed by atoms with E-state index in [-0.39, 0.29) is 11.9 Å². The normalized spacial score (nSPS) is 23.0. The van der Waals surface area contributed by atoms with E-state index in [2.05, 4.69) is 0 Å². The number of hydrogen-bond donors (Lipinski definition) is 0. The molecule has 1 unspecified atom stereocenters. The average Bonchev–Trinajstić information content (AvgIpc) is 2.36. The third-order valence-electron chi connectivity index (χ3n) is 3.03. The minimum Gasteiger partial charge on any atom is -0.370 e. The van der Waals surface area contributed by atoms with Gasteiger partial charge in [-0.1, -0.05) is 30.3 Å². The second-order valence-corrected chi connectivity index (χ2v) is 4.28. The average molecular weight is 230 g/mol. The van der Waals surface area contributed by atoms with Crippen LogP contribution in [0.3, 0.4) is 0 Å². The van der Waals surface area contributed by atoms with E-state index in [1.807, 2.05) is 43.3 Å². The maximum absolute atomic E-state index is 12.1. The zero-order valence-electron chi connectivity index (χ0n) is 10.2. The quantitative estimate of drug-likeness (QED) is 0.745. The standard InChI is InChI=1S/C15H18O2/c1-2-17-14-10-6-9-13(15(14)16)11-12-7-4-3-5-8-12/h3-5,7-8,11,14H,2,6,9-10H2,1H3/b13-11+. The lowest BCUT2D eigenvalue weighted by Crippen LogP contribution is -2.29. The Kier molecular flexibility index (Phi) is 4.10. The van der Waals surface area contributed by atoms with Gasteiger partial charge in [0, 0.05) is 6.61 Å². The predicted octanol–water partition coefficient (Wildman–Crippen LogP) is 3.23. The molecule has 1 atom stereocenters. The summed E-state index contributed by atoms with van der Waals surface area (Å²) in [6.45, 7) is 2.54. The van der Waals surface area contributed by atoms with Crippen molar-refractivity contribution < 1.29 is 9.53 Å². The summed E-state index contributed by atoms with van der Waals surface area (Å²) in [5, 5.41) is 0. The summed E-state index contributed by atoms with van der Waals surface area (Å²) in [5.41, 5.74) is 1.99. The Bertz CT molecular complexity index is 404. The molecule has 2 heteroatoms. The topological polar surface area (TPSA) is 26.3 Å². The molecule has 1 aromatic carbocycles. The van der Waals surface area contributed by atoms with Crippen LogP contribution < -0.4 is 0 Å². The second-order valence-electron chi connectivity index (χ2n) is 4.28. The second kappa shape index (κ2) is 5.78. The molecule has 0 bridgehead atoms. The van der Waals surface area contributed by atoms with E-state index in [4.69, 9.17) is 4.74 Å². The Morgan fingerprint density at radius 1 is 1.35 bits per heavy atom. The molecule has 17 heavy (non-hydrogen) atoms. The number of carbonyl (C=O) groups excluding carboxylic acids is 1. The van der Waals surface area contributed by atoms with E-state index in [1.54, 1.807) is 0 Å². The molecule has 1 saturated carbocycles. The summed E-state index contributed by atoms with van der Waals surface area (Å²) in [4.78, 5) is 12.1. The van der Waals surface area contributed by atoms with E-state index in [0.29, 0.717) is 6.61 Å². The molecule has 0 amide bonds. The van der Waals surface area contributed by atoms with E-state index in [0.717, 1.165) is 30.4 Å². The van der Waals surface area contributed by atoms with Crippen molar-refractivity contribution in [2.45, 2.75) is 32.3 Å². The van der Waals surface area contributed by atoms with Crippen molar-refractivity contribution in [3.8, 4) is 0 Å². The highest BCUT2D eigenvalue weighted by molar-refractivity contribution is 6.03. The predicted molar refractivity (Wildman–Crippen MR) is 68.7 cm³/mol. The lowest BCUT2D eigenvalue weighted by molar-refractivity contribution is -0.128. The smallest absolute Gasteiger partial charge is 0.187 e. The van der Waals surface area contributed by atoms with Gasteiger partial charge in [0.1, 0.15) is 6.10 Å². The molecule has 0 N–H and O–H groups in total. The first kappa shape index (κ1) is 12.1. The van der Waals surface area contributed by atoms with Gasteiger partial charge in [-0.15, -0.1) is 0 Å². The van der Waals surface area contributed by atoms with Crippen LogP contribution in [-0.4, -0.2) is 18.5 Å². The van der Waals surface area contributed by atoms with Gasteiger partial charge >= 0.3 is 0 Å². The third-order valence-corrected chi connectivity index (χ3v) is 3.03.